The lowest BCUT2D eigenvalue weighted by Crippen LogP contribution is -2.36. The summed E-state index contributed by atoms with van der Waals surface area (Å²) in [5, 5.41) is 6.25. The molecule has 0 bridgehead atoms. The van der Waals surface area contributed by atoms with Crippen molar-refractivity contribution < 1.29 is 14.4 Å². The predicted octanol–water partition coefficient (Wildman–Crippen LogP) is 6.28. The Morgan fingerprint density at radius 3 is 2.16 bits per heavy atom. The molecule has 4 rings (SSSR count). The number of nitrogens with one attached hydrogen (secondary N) is 3. The fraction of sp³-hybridized carbons (Fsp3) is 0.207. The Morgan fingerprint density at radius 1 is 0.811 bits per heavy atom. The first-order valence-electron chi connectivity index (χ1n) is 11.8. The number of fused-ring (bicyclic) bond motifs is 1. The fourth-order valence-corrected chi connectivity index (χ4v) is 4.39. The van der Waals surface area contributed by atoms with Gasteiger partial charge in [0.15, 0.2) is 0 Å². The summed E-state index contributed by atoms with van der Waals surface area (Å²) in [7, 11) is 0. The van der Waals surface area contributed by atoms with Crippen LogP contribution >= 0.6 is 15.9 Å². The van der Waals surface area contributed by atoms with E-state index in [9.17, 15) is 14.4 Å². The van der Waals surface area contributed by atoms with Crippen molar-refractivity contribution in [2.75, 3.05) is 16.1 Å². The molecule has 190 valence electrons. The average Bonchev–Trinajstić information content (AvgIpc) is 3.17. The average molecular weight is 561 g/mol. The van der Waals surface area contributed by atoms with Crippen LogP contribution in [0.5, 0.6) is 0 Å². The Morgan fingerprint density at radius 2 is 1.51 bits per heavy atom. The zero-order valence-electron chi connectivity index (χ0n) is 21.4. The minimum absolute atomic E-state index is 0.0293. The molecule has 0 aliphatic rings. The number of hydrogen-bond acceptors (Lipinski definition) is 3. The van der Waals surface area contributed by atoms with Gasteiger partial charge in [-0.25, -0.2) is 4.68 Å². The molecule has 0 radical (unpaired) electrons. The van der Waals surface area contributed by atoms with Crippen LogP contribution in [0.15, 0.2) is 71.2 Å². The van der Waals surface area contributed by atoms with E-state index >= 15 is 0 Å². The third kappa shape index (κ3) is 5.91. The number of aromatic nitrogens is 1. The first-order valence-corrected chi connectivity index (χ1v) is 12.6. The van der Waals surface area contributed by atoms with Gasteiger partial charge in [0, 0.05) is 21.2 Å². The molecule has 8 heteroatoms. The van der Waals surface area contributed by atoms with Crippen molar-refractivity contribution in [2.24, 2.45) is 0 Å². The van der Waals surface area contributed by atoms with Gasteiger partial charge in [-0.15, -0.1) is 0 Å². The first-order chi connectivity index (χ1) is 17.4. The molecular formula is C29H29BrN4O3. The minimum atomic E-state index is -0.902. The Bertz CT molecular complexity index is 1510. The summed E-state index contributed by atoms with van der Waals surface area (Å²) in [4.78, 5) is 38.9. The third-order valence-electron chi connectivity index (χ3n) is 6.05. The number of benzene rings is 3. The highest BCUT2D eigenvalue weighted by Crippen LogP contribution is 2.25. The molecule has 0 fully saturated rings. The summed E-state index contributed by atoms with van der Waals surface area (Å²) >= 11 is 3.44. The molecular weight excluding hydrogens is 532 g/mol. The number of aryl methyl sites for hydroxylation is 2. The number of nitrogens with zero attached hydrogens (tertiary/aromatic N) is 1. The van der Waals surface area contributed by atoms with Gasteiger partial charge >= 0.3 is 11.8 Å². The lowest BCUT2D eigenvalue weighted by Gasteiger charge is -2.19. The quantitative estimate of drug-likeness (QED) is 0.256. The van der Waals surface area contributed by atoms with Gasteiger partial charge in [-0.1, -0.05) is 66.5 Å². The highest BCUT2D eigenvalue weighted by molar-refractivity contribution is 9.10. The topological polar surface area (TPSA) is 92.2 Å². The van der Waals surface area contributed by atoms with Gasteiger partial charge in [0.05, 0.1) is 5.52 Å². The van der Waals surface area contributed by atoms with Crippen LogP contribution in [0.1, 0.15) is 48.0 Å². The monoisotopic (exact) mass is 560 g/mol. The van der Waals surface area contributed by atoms with Crippen LogP contribution in [-0.2, 0) is 15.0 Å². The molecule has 0 saturated carbocycles. The van der Waals surface area contributed by atoms with Gasteiger partial charge in [-0.3, -0.25) is 19.8 Å². The largest absolute Gasteiger partial charge is 0.328 e. The van der Waals surface area contributed by atoms with Crippen LogP contribution in [0, 0.1) is 13.8 Å². The molecule has 3 aromatic carbocycles. The summed E-state index contributed by atoms with van der Waals surface area (Å²) in [5.74, 6) is -2.16. The van der Waals surface area contributed by atoms with Crippen LogP contribution in [0.2, 0.25) is 0 Å². The summed E-state index contributed by atoms with van der Waals surface area (Å²) in [6.45, 7) is 10.2. The van der Waals surface area contributed by atoms with Gasteiger partial charge in [-0.05, 0) is 72.9 Å². The Labute approximate surface area is 224 Å². The van der Waals surface area contributed by atoms with Gasteiger partial charge in [0.2, 0.25) is 0 Å². The minimum Gasteiger partial charge on any atom is -0.320 e. The second-order valence-corrected chi connectivity index (χ2v) is 11.0. The molecule has 0 atom stereocenters. The van der Waals surface area contributed by atoms with Crippen molar-refractivity contribution >= 4 is 55.9 Å². The molecule has 0 aliphatic heterocycles. The molecule has 3 amide bonds. The maximum absolute atomic E-state index is 13.3. The van der Waals surface area contributed by atoms with E-state index in [-0.39, 0.29) is 11.1 Å². The van der Waals surface area contributed by atoms with Crippen LogP contribution in [0.4, 0.5) is 11.4 Å². The third-order valence-corrected chi connectivity index (χ3v) is 6.55. The Kier molecular flexibility index (Phi) is 7.23. The predicted molar refractivity (Wildman–Crippen MR) is 152 cm³/mol. The number of carbonyl (C=O) groups excluding carboxylic acids is 3. The van der Waals surface area contributed by atoms with Crippen molar-refractivity contribution in [1.82, 2.24) is 4.68 Å². The van der Waals surface area contributed by atoms with E-state index in [1.165, 1.54) is 4.68 Å². The van der Waals surface area contributed by atoms with Crippen molar-refractivity contribution in [3.63, 3.8) is 0 Å². The molecule has 37 heavy (non-hydrogen) atoms. The maximum atomic E-state index is 13.3. The van der Waals surface area contributed by atoms with Gasteiger partial charge in [0.1, 0.15) is 5.69 Å². The Hall–Kier alpha value is -3.91. The van der Waals surface area contributed by atoms with Gasteiger partial charge in [0.25, 0.3) is 5.91 Å². The Balaban J connectivity index is 1.59. The second-order valence-electron chi connectivity index (χ2n) is 10.1. The van der Waals surface area contributed by atoms with Gasteiger partial charge in [-0.2, -0.15) is 0 Å². The fourth-order valence-electron chi connectivity index (χ4n) is 4.01. The molecule has 4 aromatic rings. The van der Waals surface area contributed by atoms with E-state index in [1.54, 1.807) is 30.3 Å². The molecule has 3 N–H and O–H groups in total. The van der Waals surface area contributed by atoms with E-state index in [0.29, 0.717) is 16.9 Å². The zero-order chi connectivity index (χ0) is 26.9. The van der Waals surface area contributed by atoms with Crippen molar-refractivity contribution in [2.45, 2.75) is 40.0 Å². The highest BCUT2D eigenvalue weighted by atomic mass is 79.9. The van der Waals surface area contributed by atoms with Crippen LogP contribution in [-0.4, -0.2) is 22.4 Å². The zero-order valence-corrected chi connectivity index (χ0v) is 23.0. The SMILES string of the molecule is Cc1ccc(NC(=O)c2cc3cc(Br)ccc3n2NC(=O)C(=O)Nc2ccc(C(C)(C)C)cc2)c(C)c1. The lowest BCUT2D eigenvalue weighted by molar-refractivity contribution is -0.133. The first kappa shape index (κ1) is 26.2. The highest BCUT2D eigenvalue weighted by Gasteiger charge is 2.22. The second kappa shape index (κ2) is 10.2. The number of halogens is 1. The number of rotatable bonds is 4. The van der Waals surface area contributed by atoms with E-state index in [4.69, 9.17) is 0 Å². The molecule has 0 saturated heterocycles. The van der Waals surface area contributed by atoms with Crippen molar-refractivity contribution in [1.29, 1.82) is 0 Å². The van der Waals surface area contributed by atoms with Crippen LogP contribution in [0.3, 0.4) is 0 Å². The van der Waals surface area contributed by atoms with E-state index in [1.807, 2.05) is 50.2 Å². The van der Waals surface area contributed by atoms with Crippen molar-refractivity contribution in [3.8, 4) is 0 Å². The summed E-state index contributed by atoms with van der Waals surface area (Å²) in [5.41, 5.74) is 7.59. The number of hydrogen-bond donors (Lipinski definition) is 3. The standard InChI is InChI=1S/C29H29BrN4O3/c1-17-6-12-23(18(2)14-17)32-26(35)25-16-19-15-21(30)9-13-24(19)34(25)33-28(37)27(36)31-22-10-7-20(8-11-22)29(3,4)5/h6-16H,1-5H3,(H,31,36)(H,32,35)(H,33,37). The van der Waals surface area contributed by atoms with E-state index in [2.05, 4.69) is 52.8 Å². The number of anilines is 2. The lowest BCUT2D eigenvalue weighted by atomic mass is 9.87. The molecule has 0 spiro atoms. The molecule has 0 unspecified atom stereocenters. The molecule has 0 aliphatic carbocycles. The normalized spacial score (nSPS) is 11.3. The van der Waals surface area contributed by atoms with Crippen molar-refractivity contribution in [3.05, 3.63) is 93.6 Å². The molecule has 7 nitrogen and oxygen atoms in total. The molecule has 1 heterocycles. The van der Waals surface area contributed by atoms with Crippen LogP contribution in [0.25, 0.3) is 10.9 Å². The summed E-state index contributed by atoms with van der Waals surface area (Å²) in [6, 6.07) is 20.1. The van der Waals surface area contributed by atoms with E-state index in [0.717, 1.165) is 26.5 Å². The number of amides is 3. The van der Waals surface area contributed by atoms with Crippen LogP contribution < -0.4 is 16.1 Å². The van der Waals surface area contributed by atoms with Gasteiger partial charge < -0.3 is 10.6 Å². The summed E-state index contributed by atoms with van der Waals surface area (Å²) in [6.07, 6.45) is 0. The maximum Gasteiger partial charge on any atom is 0.328 e. The summed E-state index contributed by atoms with van der Waals surface area (Å²) < 4.78 is 2.16. The number of carbonyl (C=O) groups is 3. The molecule has 1 aromatic heterocycles. The van der Waals surface area contributed by atoms with E-state index < -0.39 is 17.7 Å². The smallest absolute Gasteiger partial charge is 0.320 e.